The highest BCUT2D eigenvalue weighted by molar-refractivity contribution is 8.01. The van der Waals surface area contributed by atoms with Crippen molar-refractivity contribution in [1.29, 1.82) is 0 Å². The summed E-state index contributed by atoms with van der Waals surface area (Å²) in [7, 11) is 0. The molecule has 9 heteroatoms. The van der Waals surface area contributed by atoms with Crippen LogP contribution in [0.4, 0.5) is 5.82 Å². The predicted molar refractivity (Wildman–Crippen MR) is 103 cm³/mol. The first kappa shape index (κ1) is 19.1. The molecule has 0 aliphatic carbocycles. The Morgan fingerprint density at radius 1 is 1.33 bits per heavy atom. The van der Waals surface area contributed by atoms with E-state index < -0.39 is 5.91 Å². The van der Waals surface area contributed by atoms with E-state index in [1.807, 2.05) is 32.9 Å². The summed E-state index contributed by atoms with van der Waals surface area (Å²) in [5.74, 6) is 0.881. The third-order valence-electron chi connectivity index (χ3n) is 4.15. The summed E-state index contributed by atoms with van der Waals surface area (Å²) in [6.07, 6.45) is 0. The van der Waals surface area contributed by atoms with Gasteiger partial charge in [-0.3, -0.25) is 14.7 Å². The molecule has 0 bridgehead atoms. The summed E-state index contributed by atoms with van der Waals surface area (Å²) in [5, 5.41) is 9.67. The van der Waals surface area contributed by atoms with Crippen molar-refractivity contribution >= 4 is 29.4 Å². The molecule has 8 nitrogen and oxygen atoms in total. The number of amides is 2. The van der Waals surface area contributed by atoms with Gasteiger partial charge in [0.2, 0.25) is 5.91 Å². The Labute approximate surface area is 161 Å². The van der Waals surface area contributed by atoms with Crippen LogP contribution in [0.15, 0.2) is 18.2 Å². The Bertz CT molecular complexity index is 867. The van der Waals surface area contributed by atoms with Gasteiger partial charge in [-0.05, 0) is 38.5 Å². The van der Waals surface area contributed by atoms with Gasteiger partial charge in [-0.25, -0.2) is 0 Å². The van der Waals surface area contributed by atoms with Crippen molar-refractivity contribution in [2.45, 2.75) is 31.3 Å². The largest absolute Gasteiger partial charge is 0.490 e. The second-order valence-corrected chi connectivity index (χ2v) is 7.60. The lowest BCUT2D eigenvalue weighted by molar-refractivity contribution is -0.120. The van der Waals surface area contributed by atoms with E-state index in [0.717, 1.165) is 16.8 Å². The van der Waals surface area contributed by atoms with Gasteiger partial charge in [0, 0.05) is 11.3 Å². The molecule has 0 fully saturated rings. The molecule has 3 rings (SSSR count). The minimum absolute atomic E-state index is 0.0818. The number of carbonyl (C=O) groups excluding carboxylic acids is 2. The monoisotopic (exact) mass is 390 g/mol. The third kappa shape index (κ3) is 4.02. The molecule has 2 heterocycles. The van der Waals surface area contributed by atoms with Crippen molar-refractivity contribution in [3.8, 4) is 11.5 Å². The molecule has 2 atom stereocenters. The van der Waals surface area contributed by atoms with Crippen LogP contribution < -0.4 is 20.5 Å². The molecule has 144 valence electrons. The highest BCUT2D eigenvalue weighted by atomic mass is 32.2. The first-order chi connectivity index (χ1) is 12.9. The fourth-order valence-electron chi connectivity index (χ4n) is 2.88. The SMILES string of the molecule is CCOc1cc([C@@H]2S[C@H](C)C(=O)Nc3n[nH]c(C)c32)ccc1OCC(N)=O. The molecule has 4 N–H and O–H groups in total. The van der Waals surface area contributed by atoms with Crippen LogP contribution in [0.5, 0.6) is 11.5 Å². The van der Waals surface area contributed by atoms with Crippen LogP contribution in [0.25, 0.3) is 0 Å². The molecular formula is C18H22N4O4S. The lowest BCUT2D eigenvalue weighted by Gasteiger charge is -2.20. The van der Waals surface area contributed by atoms with Gasteiger partial charge in [0.05, 0.1) is 17.1 Å². The van der Waals surface area contributed by atoms with E-state index in [1.54, 1.807) is 6.07 Å². The van der Waals surface area contributed by atoms with E-state index in [9.17, 15) is 9.59 Å². The fraction of sp³-hybridized carbons (Fsp3) is 0.389. The number of aromatic amines is 1. The van der Waals surface area contributed by atoms with Crippen LogP contribution in [0, 0.1) is 6.92 Å². The van der Waals surface area contributed by atoms with Crippen LogP contribution in [0.3, 0.4) is 0 Å². The van der Waals surface area contributed by atoms with Crippen molar-refractivity contribution in [2.24, 2.45) is 5.73 Å². The third-order valence-corrected chi connectivity index (χ3v) is 5.55. The fourth-order valence-corrected chi connectivity index (χ4v) is 4.19. The smallest absolute Gasteiger partial charge is 0.255 e. The number of benzene rings is 1. The highest BCUT2D eigenvalue weighted by Crippen LogP contribution is 2.46. The molecule has 0 radical (unpaired) electrons. The zero-order chi connectivity index (χ0) is 19.6. The first-order valence-electron chi connectivity index (χ1n) is 8.59. The Kier molecular flexibility index (Phi) is 5.59. The van der Waals surface area contributed by atoms with Crippen LogP contribution in [0.2, 0.25) is 0 Å². The summed E-state index contributed by atoms with van der Waals surface area (Å²) in [5.41, 5.74) is 7.93. The van der Waals surface area contributed by atoms with E-state index in [0.29, 0.717) is 23.9 Å². The molecule has 2 amide bonds. The van der Waals surface area contributed by atoms with Crippen molar-refractivity contribution < 1.29 is 19.1 Å². The van der Waals surface area contributed by atoms with Crippen molar-refractivity contribution in [2.75, 3.05) is 18.5 Å². The van der Waals surface area contributed by atoms with Gasteiger partial charge in [-0.2, -0.15) is 5.10 Å². The van der Waals surface area contributed by atoms with Crippen molar-refractivity contribution in [1.82, 2.24) is 10.2 Å². The Hall–Kier alpha value is -2.68. The van der Waals surface area contributed by atoms with Gasteiger partial charge in [0.15, 0.2) is 23.9 Å². The molecule has 2 aromatic rings. The van der Waals surface area contributed by atoms with Crippen LogP contribution in [0.1, 0.15) is 35.9 Å². The van der Waals surface area contributed by atoms with Gasteiger partial charge >= 0.3 is 0 Å². The maximum atomic E-state index is 12.3. The summed E-state index contributed by atoms with van der Waals surface area (Å²) in [6, 6.07) is 5.52. The topological polar surface area (TPSA) is 119 Å². The molecule has 0 unspecified atom stereocenters. The molecule has 1 aromatic heterocycles. The number of ether oxygens (including phenoxy) is 2. The van der Waals surface area contributed by atoms with Gasteiger partial charge in [-0.1, -0.05) is 6.07 Å². The zero-order valence-electron chi connectivity index (χ0n) is 15.4. The van der Waals surface area contributed by atoms with E-state index in [-0.39, 0.29) is 23.0 Å². The average molecular weight is 390 g/mol. The number of hydrogen-bond donors (Lipinski definition) is 3. The van der Waals surface area contributed by atoms with Crippen molar-refractivity contribution in [3.05, 3.63) is 35.0 Å². The number of nitrogens with zero attached hydrogens (tertiary/aromatic N) is 1. The van der Waals surface area contributed by atoms with Gasteiger partial charge < -0.3 is 20.5 Å². The van der Waals surface area contributed by atoms with Crippen LogP contribution in [-0.2, 0) is 9.59 Å². The number of aryl methyl sites for hydroxylation is 1. The maximum Gasteiger partial charge on any atom is 0.255 e. The predicted octanol–water partition coefficient (Wildman–Crippen LogP) is 2.14. The minimum Gasteiger partial charge on any atom is -0.490 e. The number of aromatic nitrogens is 2. The number of H-pyrrole nitrogens is 1. The summed E-state index contributed by atoms with van der Waals surface area (Å²) < 4.78 is 11.1. The maximum absolute atomic E-state index is 12.3. The van der Waals surface area contributed by atoms with E-state index in [2.05, 4.69) is 15.5 Å². The minimum atomic E-state index is -0.557. The number of nitrogens with one attached hydrogen (secondary N) is 2. The molecule has 0 spiro atoms. The second kappa shape index (κ2) is 7.91. The number of rotatable bonds is 6. The van der Waals surface area contributed by atoms with Gasteiger partial charge in [0.1, 0.15) is 0 Å². The summed E-state index contributed by atoms with van der Waals surface area (Å²) >= 11 is 1.54. The quantitative estimate of drug-likeness (QED) is 0.695. The highest BCUT2D eigenvalue weighted by Gasteiger charge is 2.32. The lowest BCUT2D eigenvalue weighted by Crippen LogP contribution is -2.21. The number of primary amides is 1. The number of fused-ring (bicyclic) bond motifs is 1. The number of anilines is 1. The Balaban J connectivity index is 2.01. The van der Waals surface area contributed by atoms with Gasteiger partial charge in [0.25, 0.3) is 5.91 Å². The molecule has 1 aliphatic rings. The Morgan fingerprint density at radius 3 is 2.81 bits per heavy atom. The van der Waals surface area contributed by atoms with Crippen LogP contribution in [-0.4, -0.2) is 40.5 Å². The number of thioether (sulfide) groups is 1. The zero-order valence-corrected chi connectivity index (χ0v) is 16.2. The van der Waals surface area contributed by atoms with Crippen LogP contribution >= 0.6 is 11.8 Å². The van der Waals surface area contributed by atoms with E-state index in [4.69, 9.17) is 15.2 Å². The Morgan fingerprint density at radius 2 is 2.11 bits per heavy atom. The number of carbonyl (C=O) groups is 2. The average Bonchev–Trinajstić information content (AvgIpc) is 2.92. The van der Waals surface area contributed by atoms with Crippen molar-refractivity contribution in [3.63, 3.8) is 0 Å². The summed E-state index contributed by atoms with van der Waals surface area (Å²) in [6.45, 7) is 5.88. The number of nitrogens with two attached hydrogens (primary N) is 1. The second-order valence-electron chi connectivity index (χ2n) is 6.15. The normalized spacial score (nSPS) is 19.0. The standard InChI is InChI=1S/C18H22N4O4S/c1-4-25-13-7-11(5-6-12(13)26-8-14(19)23)16-15-9(2)21-22-17(15)20-18(24)10(3)27-16/h5-7,10,16H,4,8H2,1-3H3,(H2,19,23)(H2,20,21,22,24)/t10-,16+/m1/s1. The molecular weight excluding hydrogens is 368 g/mol. The molecule has 1 aliphatic heterocycles. The summed E-state index contributed by atoms with van der Waals surface area (Å²) in [4.78, 5) is 23.3. The van der Waals surface area contributed by atoms with Gasteiger partial charge in [-0.15, -0.1) is 11.8 Å². The molecule has 1 aromatic carbocycles. The molecule has 0 saturated heterocycles. The lowest BCUT2D eigenvalue weighted by atomic mass is 10.0. The molecule has 27 heavy (non-hydrogen) atoms. The molecule has 0 saturated carbocycles. The number of hydrogen-bond acceptors (Lipinski definition) is 6. The van der Waals surface area contributed by atoms with E-state index >= 15 is 0 Å². The van der Waals surface area contributed by atoms with E-state index in [1.165, 1.54) is 11.8 Å². The first-order valence-corrected chi connectivity index (χ1v) is 9.54.